The smallest absolute Gasteiger partial charge is 0.336 e. The average Bonchev–Trinajstić information content (AvgIpc) is 2.30. The zero-order valence-electron chi connectivity index (χ0n) is 10.0. The molecule has 88 valence electrons. The van der Waals surface area contributed by atoms with Crippen LogP contribution in [0.2, 0.25) is 0 Å². The van der Waals surface area contributed by atoms with E-state index in [0.717, 1.165) is 24.5 Å². The lowest BCUT2D eigenvalue weighted by Gasteiger charge is -2.20. The van der Waals surface area contributed by atoms with Crippen LogP contribution in [0.1, 0.15) is 36.7 Å². The first-order chi connectivity index (χ1) is 7.63. The van der Waals surface area contributed by atoms with Crippen molar-refractivity contribution in [2.45, 2.75) is 27.2 Å². The molecule has 4 heteroatoms. The predicted molar refractivity (Wildman–Crippen MR) is 64.1 cm³/mol. The molecule has 0 aliphatic carbocycles. The van der Waals surface area contributed by atoms with Crippen molar-refractivity contribution < 1.29 is 9.90 Å². The molecular formula is C12H18N2O2. The van der Waals surface area contributed by atoms with Crippen LogP contribution in [0.25, 0.3) is 0 Å². The molecule has 0 aliphatic rings. The minimum atomic E-state index is -0.882. The van der Waals surface area contributed by atoms with E-state index in [4.69, 9.17) is 5.11 Å². The number of pyridine rings is 1. The van der Waals surface area contributed by atoms with Crippen molar-refractivity contribution in [2.24, 2.45) is 0 Å². The molecule has 1 rings (SSSR count). The van der Waals surface area contributed by atoms with E-state index < -0.39 is 5.97 Å². The maximum Gasteiger partial charge on any atom is 0.336 e. The van der Waals surface area contributed by atoms with Crippen molar-refractivity contribution in [3.05, 3.63) is 23.4 Å². The molecule has 0 fully saturated rings. The van der Waals surface area contributed by atoms with Gasteiger partial charge in [0.25, 0.3) is 0 Å². The highest BCUT2D eigenvalue weighted by Crippen LogP contribution is 2.17. The van der Waals surface area contributed by atoms with Crippen molar-refractivity contribution in [2.75, 3.05) is 18.0 Å². The highest BCUT2D eigenvalue weighted by molar-refractivity contribution is 5.90. The standard InChI is InChI=1S/C12H18N2O2/c1-4-9-8-13-11(14(5-2)6-3)7-10(9)12(15)16/h7-8H,4-6H2,1-3H3,(H,15,16). The predicted octanol–water partition coefficient (Wildman–Crippen LogP) is 2.19. The first-order valence-corrected chi connectivity index (χ1v) is 5.61. The van der Waals surface area contributed by atoms with Crippen LogP contribution >= 0.6 is 0 Å². The van der Waals surface area contributed by atoms with Crippen LogP contribution in [-0.2, 0) is 6.42 Å². The molecule has 1 aromatic rings. The van der Waals surface area contributed by atoms with Crippen LogP contribution in [0, 0.1) is 0 Å². The Morgan fingerprint density at radius 3 is 2.44 bits per heavy atom. The molecule has 1 N–H and O–H groups in total. The maximum atomic E-state index is 11.1. The van der Waals surface area contributed by atoms with Crippen LogP contribution in [0.5, 0.6) is 0 Å². The Bertz CT molecular complexity index is 373. The molecule has 16 heavy (non-hydrogen) atoms. The van der Waals surface area contributed by atoms with Crippen molar-refractivity contribution in [3.63, 3.8) is 0 Å². The van der Waals surface area contributed by atoms with Gasteiger partial charge in [0.05, 0.1) is 5.56 Å². The Kier molecular flexibility index (Phi) is 4.28. The van der Waals surface area contributed by atoms with Gasteiger partial charge in [-0.15, -0.1) is 0 Å². The lowest BCUT2D eigenvalue weighted by Crippen LogP contribution is -2.23. The van der Waals surface area contributed by atoms with Crippen molar-refractivity contribution in [1.82, 2.24) is 4.98 Å². The number of aromatic carboxylic acids is 1. The summed E-state index contributed by atoms with van der Waals surface area (Å²) in [4.78, 5) is 17.4. The summed E-state index contributed by atoms with van der Waals surface area (Å²) < 4.78 is 0. The summed E-state index contributed by atoms with van der Waals surface area (Å²) >= 11 is 0. The van der Waals surface area contributed by atoms with E-state index in [0.29, 0.717) is 12.0 Å². The Morgan fingerprint density at radius 1 is 1.38 bits per heavy atom. The van der Waals surface area contributed by atoms with Crippen molar-refractivity contribution >= 4 is 11.8 Å². The molecule has 0 aromatic carbocycles. The lowest BCUT2D eigenvalue weighted by atomic mass is 10.1. The molecule has 1 heterocycles. The summed E-state index contributed by atoms with van der Waals surface area (Å²) in [5.74, 6) is -0.146. The number of aromatic nitrogens is 1. The topological polar surface area (TPSA) is 53.4 Å². The monoisotopic (exact) mass is 222 g/mol. The van der Waals surface area contributed by atoms with Crippen molar-refractivity contribution in [1.29, 1.82) is 0 Å². The van der Waals surface area contributed by atoms with Gasteiger partial charge in [-0.1, -0.05) is 6.92 Å². The number of hydrogen-bond acceptors (Lipinski definition) is 3. The molecule has 0 spiro atoms. The molecule has 0 aliphatic heterocycles. The number of carbonyl (C=O) groups is 1. The molecule has 0 radical (unpaired) electrons. The summed E-state index contributed by atoms with van der Waals surface area (Å²) in [6, 6.07) is 1.66. The Labute approximate surface area is 95.9 Å². The van der Waals surface area contributed by atoms with E-state index in [2.05, 4.69) is 4.98 Å². The second kappa shape index (κ2) is 5.49. The van der Waals surface area contributed by atoms with Gasteiger partial charge in [-0.05, 0) is 31.9 Å². The van der Waals surface area contributed by atoms with Gasteiger partial charge < -0.3 is 10.0 Å². The molecular weight excluding hydrogens is 204 g/mol. The number of nitrogens with zero attached hydrogens (tertiary/aromatic N) is 2. The fourth-order valence-electron chi connectivity index (χ4n) is 1.67. The average molecular weight is 222 g/mol. The fourth-order valence-corrected chi connectivity index (χ4v) is 1.67. The van der Waals surface area contributed by atoms with Gasteiger partial charge in [0.15, 0.2) is 0 Å². The number of aryl methyl sites for hydroxylation is 1. The second-order valence-corrected chi connectivity index (χ2v) is 3.53. The van der Waals surface area contributed by atoms with Crippen molar-refractivity contribution in [3.8, 4) is 0 Å². The Hall–Kier alpha value is -1.58. The normalized spacial score (nSPS) is 10.2. The van der Waals surface area contributed by atoms with Gasteiger partial charge in [-0.2, -0.15) is 0 Å². The third-order valence-electron chi connectivity index (χ3n) is 2.67. The Balaban J connectivity index is 3.15. The van der Waals surface area contributed by atoms with E-state index in [1.54, 1.807) is 12.3 Å². The number of carboxylic acid groups (broad SMARTS) is 1. The number of anilines is 1. The fraction of sp³-hybridized carbons (Fsp3) is 0.500. The summed E-state index contributed by atoms with van der Waals surface area (Å²) in [5.41, 5.74) is 1.14. The SMILES string of the molecule is CCc1cnc(N(CC)CC)cc1C(=O)O. The number of carboxylic acids is 1. The van der Waals surface area contributed by atoms with E-state index in [1.807, 2.05) is 25.7 Å². The van der Waals surface area contributed by atoms with Gasteiger partial charge in [0, 0.05) is 19.3 Å². The molecule has 0 amide bonds. The zero-order valence-corrected chi connectivity index (χ0v) is 10.0. The molecule has 4 nitrogen and oxygen atoms in total. The van der Waals surface area contributed by atoms with Gasteiger partial charge in [-0.25, -0.2) is 9.78 Å². The summed E-state index contributed by atoms with van der Waals surface area (Å²) in [6.45, 7) is 7.64. The van der Waals surface area contributed by atoms with E-state index in [1.165, 1.54) is 0 Å². The van der Waals surface area contributed by atoms with E-state index in [-0.39, 0.29) is 0 Å². The van der Waals surface area contributed by atoms with Crippen LogP contribution < -0.4 is 4.90 Å². The lowest BCUT2D eigenvalue weighted by molar-refractivity contribution is 0.0695. The van der Waals surface area contributed by atoms with E-state index in [9.17, 15) is 4.79 Å². The maximum absolute atomic E-state index is 11.1. The molecule has 0 saturated heterocycles. The largest absolute Gasteiger partial charge is 0.478 e. The Morgan fingerprint density at radius 2 is 2.00 bits per heavy atom. The van der Waals surface area contributed by atoms with Gasteiger partial charge in [0.1, 0.15) is 5.82 Å². The van der Waals surface area contributed by atoms with Crippen LogP contribution in [0.3, 0.4) is 0 Å². The molecule has 0 bridgehead atoms. The summed E-state index contributed by atoms with van der Waals surface area (Å²) in [7, 11) is 0. The van der Waals surface area contributed by atoms with Gasteiger partial charge in [0.2, 0.25) is 0 Å². The molecule has 0 atom stereocenters. The van der Waals surface area contributed by atoms with Crippen LogP contribution in [0.15, 0.2) is 12.3 Å². The highest BCUT2D eigenvalue weighted by Gasteiger charge is 2.12. The van der Waals surface area contributed by atoms with Crippen LogP contribution in [0.4, 0.5) is 5.82 Å². The van der Waals surface area contributed by atoms with Crippen LogP contribution in [-0.4, -0.2) is 29.1 Å². The first-order valence-electron chi connectivity index (χ1n) is 5.61. The summed E-state index contributed by atoms with van der Waals surface area (Å²) in [5, 5.41) is 9.10. The zero-order chi connectivity index (χ0) is 12.1. The second-order valence-electron chi connectivity index (χ2n) is 3.53. The summed E-state index contributed by atoms with van der Waals surface area (Å²) in [6.07, 6.45) is 2.35. The minimum absolute atomic E-state index is 0.361. The third-order valence-corrected chi connectivity index (χ3v) is 2.67. The quantitative estimate of drug-likeness (QED) is 0.829. The first kappa shape index (κ1) is 12.5. The number of rotatable bonds is 5. The van der Waals surface area contributed by atoms with Gasteiger partial charge in [-0.3, -0.25) is 0 Å². The highest BCUT2D eigenvalue weighted by atomic mass is 16.4. The minimum Gasteiger partial charge on any atom is -0.478 e. The number of hydrogen-bond donors (Lipinski definition) is 1. The molecule has 1 aromatic heterocycles. The molecule has 0 saturated carbocycles. The van der Waals surface area contributed by atoms with Gasteiger partial charge >= 0.3 is 5.97 Å². The van der Waals surface area contributed by atoms with E-state index >= 15 is 0 Å². The third kappa shape index (κ3) is 2.51. The molecule has 0 unspecified atom stereocenters.